The highest BCUT2D eigenvalue weighted by molar-refractivity contribution is 14.1. The molecule has 1 aliphatic rings. The number of nitrogens with zero attached hydrogens (tertiary/aromatic N) is 1. The van der Waals surface area contributed by atoms with Crippen LogP contribution in [0.2, 0.25) is 0 Å². The zero-order valence-corrected chi connectivity index (χ0v) is 16.6. The molecule has 0 saturated carbocycles. The number of primary amides is 1. The van der Waals surface area contributed by atoms with Crippen LogP contribution in [-0.2, 0) is 4.79 Å². The molecule has 0 bridgehead atoms. The zero-order valence-electron chi connectivity index (χ0n) is 14.4. The van der Waals surface area contributed by atoms with E-state index >= 15 is 0 Å². The molecule has 0 unspecified atom stereocenters. The number of nitrogens with one attached hydrogen (secondary N) is 2. The molecule has 3 rings (SSSR count). The summed E-state index contributed by atoms with van der Waals surface area (Å²) in [6, 6.07) is 6.08. The van der Waals surface area contributed by atoms with E-state index in [0.29, 0.717) is 3.57 Å². The van der Waals surface area contributed by atoms with Crippen molar-refractivity contribution in [1.29, 1.82) is 0 Å². The Morgan fingerprint density at radius 2 is 1.86 bits per heavy atom. The quantitative estimate of drug-likeness (QED) is 0.528. The molecule has 28 heavy (non-hydrogen) atoms. The third kappa shape index (κ3) is 4.38. The maximum Gasteiger partial charge on any atom is 0.256 e. The first-order chi connectivity index (χ1) is 13.3. The normalized spacial score (nSPS) is 13.9. The topological polar surface area (TPSA) is 87.5 Å². The minimum Gasteiger partial charge on any atom is -0.369 e. The monoisotopic (exact) mass is 504 g/mol. The Bertz CT molecular complexity index is 935. The van der Waals surface area contributed by atoms with Gasteiger partial charge in [0.25, 0.3) is 5.91 Å². The number of benzene rings is 2. The molecule has 2 aromatic carbocycles. The van der Waals surface area contributed by atoms with E-state index in [1.54, 1.807) is 6.07 Å². The molecule has 0 aromatic heterocycles. The Morgan fingerprint density at radius 3 is 2.50 bits per heavy atom. The van der Waals surface area contributed by atoms with Gasteiger partial charge in [-0.1, -0.05) is 0 Å². The molecule has 0 aliphatic carbocycles. The third-order valence-electron chi connectivity index (χ3n) is 4.25. The maximum atomic E-state index is 14.4. The van der Waals surface area contributed by atoms with Gasteiger partial charge in [-0.2, -0.15) is 0 Å². The van der Waals surface area contributed by atoms with Crippen LogP contribution in [0.15, 0.2) is 30.3 Å². The van der Waals surface area contributed by atoms with Crippen molar-refractivity contribution in [3.05, 3.63) is 56.9 Å². The Hall–Kier alpha value is -2.34. The van der Waals surface area contributed by atoms with Gasteiger partial charge in [0.1, 0.15) is 5.82 Å². The van der Waals surface area contributed by atoms with Gasteiger partial charge < -0.3 is 21.3 Å². The van der Waals surface area contributed by atoms with Gasteiger partial charge in [0, 0.05) is 22.7 Å². The van der Waals surface area contributed by atoms with Crippen molar-refractivity contribution in [2.45, 2.75) is 6.04 Å². The zero-order chi connectivity index (χ0) is 20.4. The first-order valence-corrected chi connectivity index (χ1v) is 9.35. The fraction of sp³-hybridized carbons (Fsp3) is 0.222. The molecule has 0 spiro atoms. The van der Waals surface area contributed by atoms with Crippen LogP contribution < -0.4 is 16.4 Å². The molecule has 1 fully saturated rings. The van der Waals surface area contributed by atoms with Gasteiger partial charge in [0.15, 0.2) is 11.6 Å². The number of likely N-dealkylation sites (tertiary alicyclic amines) is 1. The van der Waals surface area contributed by atoms with Crippen molar-refractivity contribution >= 4 is 45.8 Å². The lowest BCUT2D eigenvalue weighted by Crippen LogP contribution is -2.60. The summed E-state index contributed by atoms with van der Waals surface area (Å²) in [5.74, 6) is -4.14. The summed E-state index contributed by atoms with van der Waals surface area (Å²) >= 11 is 1.92. The first kappa shape index (κ1) is 20.4. The molecule has 4 N–H and O–H groups in total. The van der Waals surface area contributed by atoms with E-state index in [1.807, 2.05) is 22.6 Å². The summed E-state index contributed by atoms with van der Waals surface area (Å²) in [5, 5.41) is 5.37. The van der Waals surface area contributed by atoms with E-state index in [1.165, 1.54) is 17.0 Å². The summed E-state index contributed by atoms with van der Waals surface area (Å²) < 4.78 is 42.9. The Kier molecular flexibility index (Phi) is 6.08. The largest absolute Gasteiger partial charge is 0.369 e. The van der Waals surface area contributed by atoms with Crippen molar-refractivity contribution in [3.63, 3.8) is 0 Å². The molecule has 1 heterocycles. The third-order valence-corrected chi connectivity index (χ3v) is 4.92. The van der Waals surface area contributed by atoms with Gasteiger partial charge in [-0.15, -0.1) is 0 Å². The van der Waals surface area contributed by atoms with Crippen molar-refractivity contribution < 1.29 is 22.8 Å². The second-order valence-electron chi connectivity index (χ2n) is 6.29. The van der Waals surface area contributed by atoms with Gasteiger partial charge >= 0.3 is 0 Å². The van der Waals surface area contributed by atoms with Crippen LogP contribution in [-0.4, -0.2) is 42.4 Å². The number of halogens is 4. The number of nitrogens with two attached hydrogens (primary N) is 1. The van der Waals surface area contributed by atoms with E-state index < -0.39 is 35.0 Å². The summed E-state index contributed by atoms with van der Waals surface area (Å²) in [6.45, 7) is 0.543. The Balaban J connectivity index is 1.81. The molecule has 10 heteroatoms. The Morgan fingerprint density at radius 1 is 1.14 bits per heavy atom. The lowest BCUT2D eigenvalue weighted by atomic mass is 10.0. The lowest BCUT2D eigenvalue weighted by Gasteiger charge is -2.39. The van der Waals surface area contributed by atoms with E-state index in [4.69, 9.17) is 5.73 Å². The van der Waals surface area contributed by atoms with E-state index in [2.05, 4.69) is 10.6 Å². The molecule has 6 nitrogen and oxygen atoms in total. The smallest absolute Gasteiger partial charge is 0.256 e. The van der Waals surface area contributed by atoms with Gasteiger partial charge in [-0.25, -0.2) is 13.2 Å². The highest BCUT2D eigenvalue weighted by Crippen LogP contribution is 2.30. The van der Waals surface area contributed by atoms with Crippen LogP contribution in [0.4, 0.5) is 24.5 Å². The predicted octanol–water partition coefficient (Wildman–Crippen LogP) is 2.35. The first-order valence-electron chi connectivity index (χ1n) is 8.27. The maximum absolute atomic E-state index is 14.4. The van der Waals surface area contributed by atoms with Gasteiger partial charge in [-0.05, 0) is 52.9 Å². The van der Waals surface area contributed by atoms with Crippen molar-refractivity contribution in [1.82, 2.24) is 10.2 Å². The average molecular weight is 504 g/mol. The SMILES string of the molecule is NC(=O)CNC1CN(C(=O)c2ccc(F)c(F)c2Nc2ccc(I)cc2F)C1. The number of hydrogen-bond donors (Lipinski definition) is 3. The van der Waals surface area contributed by atoms with Gasteiger partial charge in [0.05, 0.1) is 23.5 Å². The summed E-state index contributed by atoms with van der Waals surface area (Å²) in [5.41, 5.74) is 4.42. The number of carbonyl (C=O) groups excluding carboxylic acids is 2. The van der Waals surface area contributed by atoms with Crippen molar-refractivity contribution in [3.8, 4) is 0 Å². The Labute approximate surface area is 172 Å². The molecular formula is C18H16F3IN4O2. The number of anilines is 2. The molecule has 0 atom stereocenters. The van der Waals surface area contributed by atoms with E-state index in [9.17, 15) is 22.8 Å². The fourth-order valence-corrected chi connectivity index (χ4v) is 3.22. The molecule has 148 valence electrons. The second kappa shape index (κ2) is 8.35. The predicted molar refractivity (Wildman–Crippen MR) is 106 cm³/mol. The number of carbonyl (C=O) groups is 2. The fourth-order valence-electron chi connectivity index (χ4n) is 2.77. The average Bonchev–Trinajstić information content (AvgIpc) is 2.59. The van der Waals surface area contributed by atoms with Crippen molar-refractivity contribution in [2.75, 3.05) is 25.0 Å². The van der Waals surface area contributed by atoms with Crippen LogP contribution in [0.3, 0.4) is 0 Å². The number of rotatable bonds is 6. The highest BCUT2D eigenvalue weighted by Gasteiger charge is 2.33. The molecule has 1 aliphatic heterocycles. The standard InChI is InChI=1S/C18H16F3IN4O2/c19-12-3-2-11(18(28)26-7-10(8-26)24-6-15(23)27)17(16(12)21)25-14-4-1-9(22)5-13(14)20/h1-5,10,24-25H,6-8H2,(H2,23,27). The minimum absolute atomic E-state index is 0.0171. The molecule has 1 saturated heterocycles. The molecular weight excluding hydrogens is 488 g/mol. The molecule has 2 aromatic rings. The highest BCUT2D eigenvalue weighted by atomic mass is 127. The summed E-state index contributed by atoms with van der Waals surface area (Å²) in [7, 11) is 0. The van der Waals surface area contributed by atoms with Gasteiger partial charge in [0.2, 0.25) is 5.91 Å². The second-order valence-corrected chi connectivity index (χ2v) is 7.53. The van der Waals surface area contributed by atoms with Crippen LogP contribution in [0.1, 0.15) is 10.4 Å². The van der Waals surface area contributed by atoms with E-state index in [0.717, 1.165) is 12.1 Å². The van der Waals surface area contributed by atoms with E-state index in [-0.39, 0.29) is 36.9 Å². The molecule has 0 radical (unpaired) electrons. The lowest BCUT2D eigenvalue weighted by molar-refractivity contribution is -0.117. The van der Waals surface area contributed by atoms with Crippen LogP contribution in [0.25, 0.3) is 0 Å². The summed E-state index contributed by atoms with van der Waals surface area (Å²) in [4.78, 5) is 24.9. The minimum atomic E-state index is -1.27. The van der Waals surface area contributed by atoms with Crippen LogP contribution in [0.5, 0.6) is 0 Å². The van der Waals surface area contributed by atoms with Gasteiger partial charge in [-0.3, -0.25) is 9.59 Å². The van der Waals surface area contributed by atoms with Crippen LogP contribution in [0, 0.1) is 21.0 Å². The number of amides is 2. The number of hydrogen-bond acceptors (Lipinski definition) is 4. The molecule has 2 amide bonds. The summed E-state index contributed by atoms with van der Waals surface area (Å²) in [6.07, 6.45) is 0. The van der Waals surface area contributed by atoms with Crippen LogP contribution >= 0.6 is 22.6 Å². The van der Waals surface area contributed by atoms with Crippen molar-refractivity contribution in [2.24, 2.45) is 5.73 Å².